The number of nitrogens with one attached hydrogen (secondary N) is 1. The molecule has 8 heteroatoms. The third-order valence-electron chi connectivity index (χ3n) is 4.78. The molecular weight excluding hydrogens is 400 g/mol. The SMILES string of the molecule is CC(C)C(C)NC(=O)C1CN(S(=O)(=O)c2ccccc2)c2cc(Cl)ccc2O1. The molecule has 1 aliphatic rings. The molecule has 3 rings (SSSR count). The summed E-state index contributed by atoms with van der Waals surface area (Å²) in [5.41, 5.74) is 0.317. The average molecular weight is 423 g/mol. The third kappa shape index (κ3) is 4.10. The van der Waals surface area contributed by atoms with Crippen molar-refractivity contribution in [1.82, 2.24) is 5.32 Å². The van der Waals surface area contributed by atoms with E-state index in [-0.39, 0.29) is 29.3 Å². The van der Waals surface area contributed by atoms with Gasteiger partial charge in [0.2, 0.25) is 0 Å². The van der Waals surface area contributed by atoms with Crippen molar-refractivity contribution < 1.29 is 17.9 Å². The van der Waals surface area contributed by atoms with Gasteiger partial charge >= 0.3 is 0 Å². The maximum absolute atomic E-state index is 13.3. The first-order valence-electron chi connectivity index (χ1n) is 9.04. The summed E-state index contributed by atoms with van der Waals surface area (Å²) in [6, 6.07) is 12.7. The van der Waals surface area contributed by atoms with E-state index in [4.69, 9.17) is 16.3 Å². The predicted octanol–water partition coefficient (Wildman–Crippen LogP) is 3.46. The fraction of sp³-hybridized carbons (Fsp3) is 0.350. The molecule has 0 aliphatic carbocycles. The van der Waals surface area contributed by atoms with Crippen LogP contribution < -0.4 is 14.4 Å². The standard InChI is InChI=1S/C20H23ClN2O4S/c1-13(2)14(3)22-20(24)19-12-23(17-11-15(21)9-10-18(17)27-19)28(25,26)16-7-5-4-6-8-16/h4-11,13-14,19H,12H2,1-3H3,(H,22,24). The lowest BCUT2D eigenvalue weighted by molar-refractivity contribution is -0.128. The largest absolute Gasteiger partial charge is 0.476 e. The van der Waals surface area contributed by atoms with Gasteiger partial charge in [-0.2, -0.15) is 0 Å². The lowest BCUT2D eigenvalue weighted by Gasteiger charge is -2.35. The number of sulfonamides is 1. The molecule has 1 N–H and O–H groups in total. The molecule has 1 heterocycles. The summed E-state index contributed by atoms with van der Waals surface area (Å²) >= 11 is 6.08. The van der Waals surface area contributed by atoms with Gasteiger partial charge in [0, 0.05) is 11.1 Å². The predicted molar refractivity (Wildman–Crippen MR) is 109 cm³/mol. The van der Waals surface area contributed by atoms with Crippen LogP contribution in [0.15, 0.2) is 53.4 Å². The Morgan fingerprint density at radius 2 is 1.86 bits per heavy atom. The van der Waals surface area contributed by atoms with Gasteiger partial charge in [-0.05, 0) is 43.2 Å². The first-order chi connectivity index (χ1) is 13.2. The molecule has 1 aliphatic heterocycles. The number of amides is 1. The normalized spacial score (nSPS) is 17.6. The summed E-state index contributed by atoms with van der Waals surface area (Å²) in [6.45, 7) is 5.76. The highest BCUT2D eigenvalue weighted by Crippen LogP contribution is 2.38. The minimum Gasteiger partial charge on any atom is -0.476 e. The summed E-state index contributed by atoms with van der Waals surface area (Å²) in [5.74, 6) is 0.186. The van der Waals surface area contributed by atoms with Crippen molar-refractivity contribution in [3.8, 4) is 5.75 Å². The number of rotatable bonds is 5. The highest BCUT2D eigenvalue weighted by atomic mass is 35.5. The topological polar surface area (TPSA) is 75.7 Å². The zero-order valence-electron chi connectivity index (χ0n) is 15.9. The quantitative estimate of drug-likeness (QED) is 0.800. The first kappa shape index (κ1) is 20.5. The van der Waals surface area contributed by atoms with Gasteiger partial charge in [0.25, 0.3) is 15.9 Å². The number of carbonyl (C=O) groups is 1. The van der Waals surface area contributed by atoms with Crippen LogP contribution in [0.1, 0.15) is 20.8 Å². The summed E-state index contributed by atoms with van der Waals surface area (Å²) in [7, 11) is -3.89. The number of nitrogens with zero attached hydrogens (tertiary/aromatic N) is 1. The fourth-order valence-corrected chi connectivity index (χ4v) is 4.45. The number of carbonyl (C=O) groups excluding carboxylic acids is 1. The number of hydrogen-bond donors (Lipinski definition) is 1. The Bertz CT molecular complexity index is 963. The molecule has 150 valence electrons. The van der Waals surface area contributed by atoms with Gasteiger partial charge in [-0.25, -0.2) is 8.42 Å². The molecular formula is C20H23ClN2O4S. The van der Waals surface area contributed by atoms with Crippen molar-refractivity contribution in [1.29, 1.82) is 0 Å². The molecule has 28 heavy (non-hydrogen) atoms. The Morgan fingerprint density at radius 1 is 1.18 bits per heavy atom. The monoisotopic (exact) mass is 422 g/mol. The molecule has 0 aromatic heterocycles. The van der Waals surface area contributed by atoms with Crippen LogP contribution in [0.4, 0.5) is 5.69 Å². The van der Waals surface area contributed by atoms with Crippen LogP contribution in [-0.4, -0.2) is 33.0 Å². The van der Waals surface area contributed by atoms with E-state index in [1.807, 2.05) is 20.8 Å². The molecule has 1 amide bonds. The number of hydrogen-bond acceptors (Lipinski definition) is 4. The molecule has 2 aromatic carbocycles. The van der Waals surface area contributed by atoms with Gasteiger partial charge in [0.15, 0.2) is 6.10 Å². The Kier molecular flexibility index (Phi) is 5.86. The first-order valence-corrected chi connectivity index (χ1v) is 10.9. The number of benzene rings is 2. The third-order valence-corrected chi connectivity index (χ3v) is 6.81. The van der Waals surface area contributed by atoms with Crippen LogP contribution in [0.25, 0.3) is 0 Å². The lowest BCUT2D eigenvalue weighted by Crippen LogP contribution is -2.52. The van der Waals surface area contributed by atoms with Crippen molar-refractivity contribution in [2.45, 2.75) is 37.8 Å². The molecule has 0 saturated carbocycles. The second-order valence-corrected chi connectivity index (χ2v) is 9.41. The molecule has 2 aromatic rings. The van der Waals surface area contributed by atoms with Crippen molar-refractivity contribution in [2.75, 3.05) is 10.8 Å². The molecule has 2 unspecified atom stereocenters. The summed E-state index contributed by atoms with van der Waals surface area (Å²) in [6.07, 6.45) is -0.964. The average Bonchev–Trinajstić information content (AvgIpc) is 2.67. The Morgan fingerprint density at radius 3 is 2.50 bits per heavy atom. The maximum Gasteiger partial charge on any atom is 0.264 e. The molecule has 0 spiro atoms. The van der Waals surface area contributed by atoms with E-state index in [9.17, 15) is 13.2 Å². The Balaban J connectivity index is 1.99. The van der Waals surface area contributed by atoms with E-state index in [0.717, 1.165) is 0 Å². The molecule has 0 fully saturated rings. The number of halogens is 1. The Labute approximate surface area is 170 Å². The molecule has 0 bridgehead atoms. The zero-order valence-corrected chi connectivity index (χ0v) is 17.5. The van der Waals surface area contributed by atoms with Crippen molar-refractivity contribution in [3.63, 3.8) is 0 Å². The van der Waals surface area contributed by atoms with Crippen LogP contribution in [-0.2, 0) is 14.8 Å². The van der Waals surface area contributed by atoms with Crippen LogP contribution in [0.3, 0.4) is 0 Å². The minimum atomic E-state index is -3.89. The second kappa shape index (κ2) is 8.01. The summed E-state index contributed by atoms with van der Waals surface area (Å²) in [5, 5.41) is 3.27. The van der Waals surface area contributed by atoms with Gasteiger partial charge in [0.1, 0.15) is 5.75 Å². The number of fused-ring (bicyclic) bond motifs is 1. The Hall–Kier alpha value is -2.25. The van der Waals surface area contributed by atoms with E-state index >= 15 is 0 Å². The van der Waals surface area contributed by atoms with E-state index in [1.54, 1.807) is 30.3 Å². The van der Waals surface area contributed by atoms with Crippen molar-refractivity contribution in [3.05, 3.63) is 53.6 Å². The van der Waals surface area contributed by atoms with Crippen LogP contribution in [0.2, 0.25) is 5.02 Å². The van der Waals surface area contributed by atoms with Gasteiger partial charge in [-0.3, -0.25) is 9.10 Å². The van der Waals surface area contributed by atoms with Crippen LogP contribution >= 0.6 is 11.6 Å². The van der Waals surface area contributed by atoms with Gasteiger partial charge < -0.3 is 10.1 Å². The van der Waals surface area contributed by atoms with Crippen LogP contribution in [0.5, 0.6) is 5.75 Å². The summed E-state index contributed by atoms with van der Waals surface area (Å²) in [4.78, 5) is 12.9. The maximum atomic E-state index is 13.3. The van der Waals surface area contributed by atoms with Crippen LogP contribution in [0, 0.1) is 5.92 Å². The molecule has 6 nitrogen and oxygen atoms in total. The van der Waals surface area contributed by atoms with Gasteiger partial charge in [0.05, 0.1) is 17.1 Å². The molecule has 2 atom stereocenters. The highest BCUT2D eigenvalue weighted by Gasteiger charge is 2.38. The zero-order chi connectivity index (χ0) is 20.5. The smallest absolute Gasteiger partial charge is 0.264 e. The highest BCUT2D eigenvalue weighted by molar-refractivity contribution is 7.92. The minimum absolute atomic E-state index is 0.0677. The number of ether oxygens (including phenoxy) is 1. The van der Waals surface area contributed by atoms with Gasteiger partial charge in [-0.15, -0.1) is 0 Å². The fourth-order valence-electron chi connectivity index (χ4n) is 2.79. The van der Waals surface area contributed by atoms with E-state index in [2.05, 4.69) is 5.32 Å². The van der Waals surface area contributed by atoms with Gasteiger partial charge in [-0.1, -0.05) is 43.6 Å². The summed E-state index contributed by atoms with van der Waals surface area (Å²) < 4.78 is 33.5. The lowest BCUT2D eigenvalue weighted by atomic mass is 10.1. The van der Waals surface area contributed by atoms with Crippen molar-refractivity contribution in [2.24, 2.45) is 5.92 Å². The van der Waals surface area contributed by atoms with Crippen molar-refractivity contribution >= 4 is 33.2 Å². The van der Waals surface area contributed by atoms with E-state index < -0.39 is 16.1 Å². The number of anilines is 1. The molecule has 0 saturated heterocycles. The second-order valence-electron chi connectivity index (χ2n) is 7.11. The molecule has 0 radical (unpaired) electrons. The van der Waals surface area contributed by atoms with E-state index in [0.29, 0.717) is 16.5 Å². The van der Waals surface area contributed by atoms with E-state index in [1.165, 1.54) is 22.5 Å².